The Labute approximate surface area is 117 Å². The van der Waals surface area contributed by atoms with Gasteiger partial charge in [-0.25, -0.2) is 0 Å². The molecule has 0 aliphatic heterocycles. The summed E-state index contributed by atoms with van der Waals surface area (Å²) in [6.07, 6.45) is 3.50. The molecule has 0 bridgehead atoms. The number of pyridine rings is 1. The number of nitrogens with two attached hydrogens (primary N) is 1. The summed E-state index contributed by atoms with van der Waals surface area (Å²) in [4.78, 5) is 5.20. The van der Waals surface area contributed by atoms with Crippen molar-refractivity contribution in [1.29, 1.82) is 0 Å². The third-order valence-electron chi connectivity index (χ3n) is 2.86. The van der Waals surface area contributed by atoms with Gasteiger partial charge in [0.2, 0.25) is 0 Å². The molecule has 2 aromatic rings. The van der Waals surface area contributed by atoms with Gasteiger partial charge in [-0.1, -0.05) is 17.7 Å². The number of nitrogen functional groups attached to an aromatic ring is 1. The smallest absolute Gasteiger partial charge is 0.0675 e. The maximum Gasteiger partial charge on any atom is 0.0675 e. The van der Waals surface area contributed by atoms with E-state index in [0.29, 0.717) is 17.9 Å². The van der Waals surface area contributed by atoms with E-state index in [-0.39, 0.29) is 0 Å². The molecule has 0 spiro atoms. The third kappa shape index (κ3) is 4.26. The zero-order valence-electron chi connectivity index (χ0n) is 10.9. The van der Waals surface area contributed by atoms with Gasteiger partial charge >= 0.3 is 0 Å². The number of thioether (sulfide) groups is 1. The molecule has 0 radical (unpaired) electrons. The van der Waals surface area contributed by atoms with E-state index in [1.807, 2.05) is 0 Å². The summed E-state index contributed by atoms with van der Waals surface area (Å²) in [5, 5.41) is 10.0. The van der Waals surface area contributed by atoms with Gasteiger partial charge in [-0.15, -0.1) is 11.8 Å². The fourth-order valence-corrected chi connectivity index (χ4v) is 2.58. The second-order valence-corrected chi connectivity index (χ2v) is 5.65. The second kappa shape index (κ2) is 6.59. The van der Waals surface area contributed by atoms with E-state index in [1.165, 1.54) is 10.5 Å². The van der Waals surface area contributed by atoms with Crippen molar-refractivity contribution in [1.82, 2.24) is 4.98 Å². The SMILES string of the molecule is Cc1ccc(SCC(O)Cc2cnccc2N)cc1. The monoisotopic (exact) mass is 274 g/mol. The van der Waals surface area contributed by atoms with Crippen LogP contribution in [0.15, 0.2) is 47.6 Å². The predicted octanol–water partition coefficient (Wildman–Crippen LogP) is 2.67. The molecule has 0 aliphatic carbocycles. The quantitative estimate of drug-likeness (QED) is 0.823. The Bertz CT molecular complexity index is 528. The number of aliphatic hydroxyl groups is 1. The van der Waals surface area contributed by atoms with Gasteiger partial charge in [-0.3, -0.25) is 4.98 Å². The summed E-state index contributed by atoms with van der Waals surface area (Å²) >= 11 is 1.65. The van der Waals surface area contributed by atoms with E-state index in [2.05, 4.69) is 36.2 Å². The molecule has 0 aliphatic rings. The van der Waals surface area contributed by atoms with Crippen LogP contribution < -0.4 is 5.73 Å². The van der Waals surface area contributed by atoms with Crippen LogP contribution in [0.1, 0.15) is 11.1 Å². The lowest BCUT2D eigenvalue weighted by molar-refractivity contribution is 0.200. The average Bonchev–Trinajstić information content (AvgIpc) is 2.41. The summed E-state index contributed by atoms with van der Waals surface area (Å²) in [6.45, 7) is 2.06. The zero-order chi connectivity index (χ0) is 13.7. The first-order valence-corrected chi connectivity index (χ1v) is 7.19. The minimum Gasteiger partial charge on any atom is -0.398 e. The molecule has 0 fully saturated rings. The second-order valence-electron chi connectivity index (χ2n) is 4.56. The van der Waals surface area contributed by atoms with Gasteiger partial charge in [0.1, 0.15) is 0 Å². The largest absolute Gasteiger partial charge is 0.398 e. The number of hydrogen-bond acceptors (Lipinski definition) is 4. The molecule has 100 valence electrons. The summed E-state index contributed by atoms with van der Waals surface area (Å²) in [6, 6.07) is 10.1. The highest BCUT2D eigenvalue weighted by atomic mass is 32.2. The van der Waals surface area contributed by atoms with Crippen LogP contribution in [0.5, 0.6) is 0 Å². The fraction of sp³-hybridized carbons (Fsp3) is 0.267. The van der Waals surface area contributed by atoms with Crippen LogP contribution in [0.3, 0.4) is 0 Å². The average molecular weight is 274 g/mol. The van der Waals surface area contributed by atoms with Crippen LogP contribution in [0.25, 0.3) is 0 Å². The Hall–Kier alpha value is -1.52. The van der Waals surface area contributed by atoms with Crippen molar-refractivity contribution in [2.75, 3.05) is 11.5 Å². The summed E-state index contributed by atoms with van der Waals surface area (Å²) in [5.41, 5.74) is 8.67. The van der Waals surface area contributed by atoms with Gasteiger partial charge < -0.3 is 10.8 Å². The Kier molecular flexibility index (Phi) is 4.82. The van der Waals surface area contributed by atoms with E-state index in [1.54, 1.807) is 30.2 Å². The molecule has 3 N–H and O–H groups in total. The molecular formula is C15H18N2OS. The zero-order valence-corrected chi connectivity index (χ0v) is 11.7. The first-order chi connectivity index (χ1) is 9.15. The first kappa shape index (κ1) is 13.9. The van der Waals surface area contributed by atoms with Gasteiger partial charge in [-0.05, 0) is 30.7 Å². The number of aryl methyl sites for hydroxylation is 1. The van der Waals surface area contributed by atoms with Gasteiger partial charge in [0, 0.05) is 35.2 Å². The molecule has 4 heteroatoms. The number of aliphatic hydroxyl groups excluding tert-OH is 1. The molecule has 1 atom stereocenters. The number of nitrogens with zero attached hydrogens (tertiary/aromatic N) is 1. The maximum atomic E-state index is 10.0. The molecule has 1 aromatic heterocycles. The van der Waals surface area contributed by atoms with E-state index in [9.17, 15) is 5.11 Å². The molecule has 0 saturated carbocycles. The van der Waals surface area contributed by atoms with Crippen molar-refractivity contribution >= 4 is 17.4 Å². The van der Waals surface area contributed by atoms with E-state index in [4.69, 9.17) is 5.73 Å². The lowest BCUT2D eigenvalue weighted by Gasteiger charge is -2.11. The summed E-state index contributed by atoms with van der Waals surface area (Å²) in [5.74, 6) is 0.650. The number of aromatic nitrogens is 1. The number of hydrogen-bond donors (Lipinski definition) is 2. The molecule has 0 amide bonds. The Morgan fingerprint density at radius 1 is 1.26 bits per heavy atom. The third-order valence-corrected chi connectivity index (χ3v) is 4.02. The van der Waals surface area contributed by atoms with Gasteiger partial charge in [0.25, 0.3) is 0 Å². The van der Waals surface area contributed by atoms with Crippen molar-refractivity contribution in [3.63, 3.8) is 0 Å². The van der Waals surface area contributed by atoms with Gasteiger partial charge in [0.05, 0.1) is 6.10 Å². The molecule has 1 unspecified atom stereocenters. The topological polar surface area (TPSA) is 59.1 Å². The number of anilines is 1. The van der Waals surface area contributed by atoms with Gasteiger partial charge in [-0.2, -0.15) is 0 Å². The molecular weight excluding hydrogens is 256 g/mol. The summed E-state index contributed by atoms with van der Waals surface area (Å²) < 4.78 is 0. The van der Waals surface area contributed by atoms with E-state index >= 15 is 0 Å². The van der Waals surface area contributed by atoms with E-state index in [0.717, 1.165) is 5.56 Å². The highest BCUT2D eigenvalue weighted by Gasteiger charge is 2.09. The van der Waals surface area contributed by atoms with Crippen LogP contribution in [0.2, 0.25) is 0 Å². The molecule has 1 aromatic carbocycles. The van der Waals surface area contributed by atoms with Crippen molar-refractivity contribution < 1.29 is 5.11 Å². The normalized spacial score (nSPS) is 12.3. The minimum atomic E-state index is -0.419. The van der Waals surface area contributed by atoms with Crippen molar-refractivity contribution in [3.05, 3.63) is 53.9 Å². The van der Waals surface area contributed by atoms with Crippen LogP contribution in [-0.2, 0) is 6.42 Å². The van der Waals surface area contributed by atoms with Crippen molar-refractivity contribution in [3.8, 4) is 0 Å². The number of benzene rings is 1. The van der Waals surface area contributed by atoms with Crippen LogP contribution in [0, 0.1) is 6.92 Å². The van der Waals surface area contributed by atoms with Gasteiger partial charge in [0.15, 0.2) is 0 Å². The minimum absolute atomic E-state index is 0.419. The molecule has 3 nitrogen and oxygen atoms in total. The Morgan fingerprint density at radius 2 is 2.00 bits per heavy atom. The maximum absolute atomic E-state index is 10.0. The molecule has 0 saturated heterocycles. The highest BCUT2D eigenvalue weighted by Crippen LogP contribution is 2.21. The fourth-order valence-electron chi connectivity index (χ4n) is 1.75. The van der Waals surface area contributed by atoms with E-state index < -0.39 is 6.10 Å². The lowest BCUT2D eigenvalue weighted by Crippen LogP contribution is -2.14. The Morgan fingerprint density at radius 3 is 2.68 bits per heavy atom. The van der Waals surface area contributed by atoms with Crippen LogP contribution in [0.4, 0.5) is 5.69 Å². The van der Waals surface area contributed by atoms with Crippen LogP contribution >= 0.6 is 11.8 Å². The molecule has 2 rings (SSSR count). The molecule has 19 heavy (non-hydrogen) atoms. The molecule has 1 heterocycles. The van der Waals surface area contributed by atoms with Crippen LogP contribution in [-0.4, -0.2) is 21.9 Å². The predicted molar refractivity (Wildman–Crippen MR) is 80.3 cm³/mol. The highest BCUT2D eigenvalue weighted by molar-refractivity contribution is 7.99. The Balaban J connectivity index is 1.86. The summed E-state index contributed by atoms with van der Waals surface area (Å²) in [7, 11) is 0. The van der Waals surface area contributed by atoms with Crippen molar-refractivity contribution in [2.24, 2.45) is 0 Å². The lowest BCUT2D eigenvalue weighted by atomic mass is 10.1. The number of rotatable bonds is 5. The van der Waals surface area contributed by atoms with Crippen molar-refractivity contribution in [2.45, 2.75) is 24.3 Å². The standard InChI is InChI=1S/C15H18N2OS/c1-11-2-4-14(5-3-11)19-10-13(18)8-12-9-17-7-6-15(12)16/h2-7,9,13,18H,8,10H2,1H3,(H2,16,17). The first-order valence-electron chi connectivity index (χ1n) is 6.21.